The molecule has 3 rings (SSSR count). The maximum absolute atomic E-state index is 12.4. The number of nitrogens with zero attached hydrogens (tertiary/aromatic N) is 1. The number of halogens is 3. The third-order valence-electron chi connectivity index (χ3n) is 3.70. The molecule has 0 spiro atoms. The molecule has 23 heavy (non-hydrogen) atoms. The van der Waals surface area contributed by atoms with E-state index in [9.17, 15) is 13.2 Å². The quantitative estimate of drug-likeness (QED) is 0.924. The fraction of sp³-hybridized carbons (Fsp3) is 0.294. The largest absolute Gasteiger partial charge is 0.573 e. The Hall–Kier alpha value is -2.21. The zero-order valence-corrected chi connectivity index (χ0v) is 12.4. The van der Waals surface area contributed by atoms with Crippen LogP contribution < -0.4 is 10.1 Å². The Morgan fingerprint density at radius 2 is 1.87 bits per heavy atom. The summed E-state index contributed by atoms with van der Waals surface area (Å²) in [6.07, 6.45) is -4.67. The van der Waals surface area contributed by atoms with Gasteiger partial charge in [0.1, 0.15) is 5.75 Å². The van der Waals surface area contributed by atoms with Crippen LogP contribution in [0.3, 0.4) is 0 Å². The smallest absolute Gasteiger partial charge is 0.406 e. The van der Waals surface area contributed by atoms with Crippen molar-refractivity contribution in [3.8, 4) is 5.75 Å². The Morgan fingerprint density at radius 1 is 1.09 bits per heavy atom. The van der Waals surface area contributed by atoms with Crippen LogP contribution in [0.4, 0.5) is 18.9 Å². The second-order valence-corrected chi connectivity index (χ2v) is 5.49. The van der Waals surface area contributed by atoms with Gasteiger partial charge in [-0.25, -0.2) is 0 Å². The number of fused-ring (bicyclic) bond motifs is 1. The van der Waals surface area contributed by atoms with Gasteiger partial charge in [0.15, 0.2) is 0 Å². The average molecular weight is 322 g/mol. The Morgan fingerprint density at radius 3 is 2.61 bits per heavy atom. The van der Waals surface area contributed by atoms with Crippen molar-refractivity contribution in [2.45, 2.75) is 19.5 Å². The molecule has 1 N–H and O–H groups in total. The Kier molecular flexibility index (Phi) is 4.43. The van der Waals surface area contributed by atoms with E-state index < -0.39 is 6.36 Å². The van der Waals surface area contributed by atoms with Crippen LogP contribution in [0.1, 0.15) is 11.1 Å². The summed E-state index contributed by atoms with van der Waals surface area (Å²) in [7, 11) is 0. The molecular formula is C17H17F3N2O. The van der Waals surface area contributed by atoms with E-state index in [-0.39, 0.29) is 5.75 Å². The molecule has 122 valence electrons. The van der Waals surface area contributed by atoms with Gasteiger partial charge in [0.05, 0.1) is 0 Å². The normalized spacial score (nSPS) is 15.4. The topological polar surface area (TPSA) is 24.5 Å². The second kappa shape index (κ2) is 6.50. The number of benzene rings is 2. The minimum absolute atomic E-state index is 0.181. The number of rotatable bonds is 3. The number of ether oxygens (including phenoxy) is 1. The zero-order chi connectivity index (χ0) is 16.3. The SMILES string of the molecule is FC(F)(F)Oc1ccc2c(c1)CN(Cc1ccccc1)CCN2. The molecule has 3 nitrogen and oxygen atoms in total. The summed E-state index contributed by atoms with van der Waals surface area (Å²) in [4.78, 5) is 2.20. The molecule has 0 aliphatic carbocycles. The van der Waals surface area contributed by atoms with Crippen molar-refractivity contribution < 1.29 is 17.9 Å². The summed E-state index contributed by atoms with van der Waals surface area (Å²) in [6.45, 7) is 2.90. The molecule has 1 heterocycles. The predicted octanol–water partition coefficient (Wildman–Crippen LogP) is 4.01. The van der Waals surface area contributed by atoms with E-state index in [0.29, 0.717) is 6.54 Å². The van der Waals surface area contributed by atoms with Crippen LogP contribution in [-0.2, 0) is 13.1 Å². The van der Waals surface area contributed by atoms with Gasteiger partial charge in [-0.05, 0) is 29.3 Å². The first-order chi connectivity index (χ1) is 11.0. The summed E-state index contributed by atoms with van der Waals surface area (Å²) < 4.78 is 41.1. The molecule has 0 bridgehead atoms. The van der Waals surface area contributed by atoms with E-state index in [1.807, 2.05) is 30.3 Å². The van der Waals surface area contributed by atoms with Gasteiger partial charge < -0.3 is 10.1 Å². The van der Waals surface area contributed by atoms with Crippen molar-refractivity contribution in [1.82, 2.24) is 4.90 Å². The van der Waals surface area contributed by atoms with Crippen LogP contribution in [0.5, 0.6) is 5.75 Å². The van der Waals surface area contributed by atoms with Crippen molar-refractivity contribution in [3.05, 3.63) is 59.7 Å². The van der Waals surface area contributed by atoms with Crippen LogP contribution in [0, 0.1) is 0 Å². The van der Waals surface area contributed by atoms with E-state index in [2.05, 4.69) is 15.0 Å². The van der Waals surface area contributed by atoms with Gasteiger partial charge in [-0.3, -0.25) is 4.90 Å². The first kappa shape index (κ1) is 15.7. The Bertz CT molecular complexity index is 659. The Labute approximate surface area is 132 Å². The highest BCUT2D eigenvalue weighted by Crippen LogP contribution is 2.29. The highest BCUT2D eigenvalue weighted by Gasteiger charge is 2.31. The average Bonchev–Trinajstić information content (AvgIpc) is 2.68. The fourth-order valence-corrected chi connectivity index (χ4v) is 2.72. The lowest BCUT2D eigenvalue weighted by molar-refractivity contribution is -0.274. The standard InChI is InChI=1S/C17H17F3N2O/c18-17(19,20)23-15-6-7-16-14(10-15)12-22(9-8-21-16)11-13-4-2-1-3-5-13/h1-7,10,21H,8-9,11-12H2. The van der Waals surface area contributed by atoms with Crippen molar-refractivity contribution >= 4 is 5.69 Å². The number of nitrogens with one attached hydrogen (secondary N) is 1. The number of hydrogen-bond donors (Lipinski definition) is 1. The predicted molar refractivity (Wildman–Crippen MR) is 82.2 cm³/mol. The lowest BCUT2D eigenvalue weighted by Crippen LogP contribution is -2.25. The highest BCUT2D eigenvalue weighted by atomic mass is 19.4. The van der Waals surface area contributed by atoms with Crippen molar-refractivity contribution in [1.29, 1.82) is 0 Å². The third kappa shape index (κ3) is 4.39. The van der Waals surface area contributed by atoms with Gasteiger partial charge in [-0.15, -0.1) is 13.2 Å². The van der Waals surface area contributed by atoms with E-state index in [0.717, 1.165) is 30.9 Å². The second-order valence-electron chi connectivity index (χ2n) is 5.49. The molecule has 0 saturated heterocycles. The molecule has 0 unspecified atom stereocenters. The number of anilines is 1. The van der Waals surface area contributed by atoms with E-state index in [1.165, 1.54) is 17.7 Å². The molecule has 0 amide bonds. The molecule has 1 aliphatic rings. The summed E-state index contributed by atoms with van der Waals surface area (Å²) in [5.41, 5.74) is 2.84. The van der Waals surface area contributed by atoms with Crippen LogP contribution in [-0.4, -0.2) is 24.4 Å². The van der Waals surface area contributed by atoms with Gasteiger partial charge in [-0.1, -0.05) is 30.3 Å². The molecule has 0 saturated carbocycles. The molecule has 2 aromatic carbocycles. The molecule has 0 aromatic heterocycles. The first-order valence-corrected chi connectivity index (χ1v) is 7.38. The van der Waals surface area contributed by atoms with E-state index in [4.69, 9.17) is 0 Å². The minimum Gasteiger partial charge on any atom is -0.406 e. The van der Waals surface area contributed by atoms with Crippen LogP contribution in [0.15, 0.2) is 48.5 Å². The molecule has 0 atom stereocenters. The molecular weight excluding hydrogens is 305 g/mol. The molecule has 2 aromatic rings. The maximum Gasteiger partial charge on any atom is 0.573 e. The molecule has 0 radical (unpaired) electrons. The number of alkyl halides is 3. The van der Waals surface area contributed by atoms with Crippen LogP contribution in [0.2, 0.25) is 0 Å². The lowest BCUT2D eigenvalue weighted by atomic mass is 10.1. The zero-order valence-electron chi connectivity index (χ0n) is 12.4. The maximum atomic E-state index is 12.4. The molecule has 0 fully saturated rings. The monoisotopic (exact) mass is 322 g/mol. The summed E-state index contributed by atoms with van der Waals surface area (Å²) in [5, 5.41) is 3.25. The van der Waals surface area contributed by atoms with Crippen LogP contribution in [0.25, 0.3) is 0 Å². The van der Waals surface area contributed by atoms with Gasteiger partial charge in [0, 0.05) is 31.9 Å². The minimum atomic E-state index is -4.67. The van der Waals surface area contributed by atoms with Crippen LogP contribution >= 0.6 is 0 Å². The van der Waals surface area contributed by atoms with Gasteiger partial charge in [0.2, 0.25) is 0 Å². The van der Waals surface area contributed by atoms with E-state index in [1.54, 1.807) is 6.07 Å². The molecule has 6 heteroatoms. The van der Waals surface area contributed by atoms with Gasteiger partial charge in [-0.2, -0.15) is 0 Å². The van der Waals surface area contributed by atoms with Crippen molar-refractivity contribution in [2.24, 2.45) is 0 Å². The highest BCUT2D eigenvalue weighted by molar-refractivity contribution is 5.55. The third-order valence-corrected chi connectivity index (χ3v) is 3.70. The van der Waals surface area contributed by atoms with E-state index >= 15 is 0 Å². The fourth-order valence-electron chi connectivity index (χ4n) is 2.72. The summed E-state index contributed by atoms with van der Waals surface area (Å²) >= 11 is 0. The van der Waals surface area contributed by atoms with Gasteiger partial charge in [0.25, 0.3) is 0 Å². The number of hydrogen-bond acceptors (Lipinski definition) is 3. The van der Waals surface area contributed by atoms with Crippen molar-refractivity contribution in [3.63, 3.8) is 0 Å². The van der Waals surface area contributed by atoms with Gasteiger partial charge >= 0.3 is 6.36 Å². The Balaban J connectivity index is 1.76. The lowest BCUT2D eigenvalue weighted by Gasteiger charge is -2.20. The molecule has 1 aliphatic heterocycles. The summed E-state index contributed by atoms with van der Waals surface area (Å²) in [5.74, 6) is -0.181. The summed E-state index contributed by atoms with van der Waals surface area (Å²) in [6, 6.07) is 14.4. The van der Waals surface area contributed by atoms with Crippen molar-refractivity contribution in [2.75, 3.05) is 18.4 Å². The first-order valence-electron chi connectivity index (χ1n) is 7.38.